The zero-order valence-electron chi connectivity index (χ0n) is 20.5. The lowest BCUT2D eigenvalue weighted by molar-refractivity contribution is -0.141. The van der Waals surface area contributed by atoms with Crippen LogP contribution in [0.1, 0.15) is 41.0 Å². The van der Waals surface area contributed by atoms with Crippen molar-refractivity contribution in [3.8, 4) is 5.75 Å². The summed E-state index contributed by atoms with van der Waals surface area (Å²) in [6.45, 7) is 9.39. The second kappa shape index (κ2) is 9.85. The molecule has 2 aliphatic rings. The van der Waals surface area contributed by atoms with Gasteiger partial charge in [0.2, 0.25) is 17.7 Å². The van der Waals surface area contributed by atoms with Crippen molar-refractivity contribution in [3.05, 3.63) is 29.8 Å². The lowest BCUT2D eigenvalue weighted by Gasteiger charge is -2.37. The summed E-state index contributed by atoms with van der Waals surface area (Å²) in [5, 5.41) is 5.74. The highest BCUT2D eigenvalue weighted by Crippen LogP contribution is 2.36. The molecular formula is C24H34F2N4O4. The molecule has 10 heteroatoms. The zero-order chi connectivity index (χ0) is 25.4. The molecule has 5 unspecified atom stereocenters. The van der Waals surface area contributed by atoms with Crippen molar-refractivity contribution in [1.82, 2.24) is 20.4 Å². The summed E-state index contributed by atoms with van der Waals surface area (Å²) in [5.41, 5.74) is -0.576. The number of benzene rings is 1. The molecule has 34 heavy (non-hydrogen) atoms. The van der Waals surface area contributed by atoms with Gasteiger partial charge in [-0.2, -0.15) is 0 Å². The lowest BCUT2D eigenvalue weighted by Crippen LogP contribution is -2.59. The fourth-order valence-electron chi connectivity index (χ4n) is 4.69. The van der Waals surface area contributed by atoms with E-state index in [0.717, 1.165) is 12.1 Å². The van der Waals surface area contributed by atoms with Crippen molar-refractivity contribution in [3.63, 3.8) is 0 Å². The van der Waals surface area contributed by atoms with Crippen LogP contribution in [0.25, 0.3) is 0 Å². The number of carbonyl (C=O) groups excluding carboxylic acids is 3. The minimum absolute atomic E-state index is 0.121. The van der Waals surface area contributed by atoms with Gasteiger partial charge >= 0.3 is 0 Å². The average Bonchev–Trinajstić information content (AvgIpc) is 3.34. The van der Waals surface area contributed by atoms with Crippen LogP contribution in [0.4, 0.5) is 8.78 Å². The predicted molar refractivity (Wildman–Crippen MR) is 122 cm³/mol. The molecule has 0 spiro atoms. The Labute approximate surface area is 199 Å². The number of amides is 3. The Balaban J connectivity index is 1.89. The van der Waals surface area contributed by atoms with E-state index in [1.807, 2.05) is 20.8 Å². The first-order valence-corrected chi connectivity index (χ1v) is 11.5. The van der Waals surface area contributed by atoms with Crippen LogP contribution in [0, 0.1) is 17.0 Å². The van der Waals surface area contributed by atoms with Gasteiger partial charge in [0.1, 0.15) is 17.9 Å². The van der Waals surface area contributed by atoms with E-state index >= 15 is 0 Å². The second-order valence-electron chi connectivity index (χ2n) is 10.1. The van der Waals surface area contributed by atoms with Crippen LogP contribution in [-0.2, 0) is 14.4 Å². The van der Waals surface area contributed by atoms with Gasteiger partial charge in [0, 0.05) is 19.5 Å². The monoisotopic (exact) mass is 480 g/mol. The Kier molecular flexibility index (Phi) is 7.50. The second-order valence-corrected chi connectivity index (χ2v) is 10.1. The zero-order valence-corrected chi connectivity index (χ0v) is 20.5. The molecule has 2 N–H and O–H groups in total. The summed E-state index contributed by atoms with van der Waals surface area (Å²) in [7, 11) is 1.67. The van der Waals surface area contributed by atoms with Crippen LogP contribution in [0.5, 0.6) is 5.75 Å². The van der Waals surface area contributed by atoms with E-state index in [1.54, 1.807) is 23.8 Å². The Morgan fingerprint density at radius 2 is 1.82 bits per heavy atom. The number of hydrogen-bond donors (Lipinski definition) is 2. The summed E-state index contributed by atoms with van der Waals surface area (Å²) in [6, 6.07) is 1.24. The molecule has 3 rings (SSSR count). The number of nitrogens with one attached hydrogen (secondary N) is 2. The van der Waals surface area contributed by atoms with Crippen LogP contribution in [0.15, 0.2) is 18.2 Å². The van der Waals surface area contributed by atoms with Crippen molar-refractivity contribution in [2.45, 2.75) is 71.3 Å². The molecule has 3 amide bonds. The molecule has 2 heterocycles. The molecule has 2 aliphatic heterocycles. The average molecular weight is 481 g/mol. The van der Waals surface area contributed by atoms with Crippen LogP contribution in [0.2, 0.25) is 0 Å². The van der Waals surface area contributed by atoms with Gasteiger partial charge in [0.25, 0.3) is 0 Å². The number of carbonyl (C=O) groups is 3. The van der Waals surface area contributed by atoms with Gasteiger partial charge in [-0.1, -0.05) is 20.8 Å². The molecule has 0 bridgehead atoms. The summed E-state index contributed by atoms with van der Waals surface area (Å²) < 4.78 is 33.1. The molecule has 0 saturated carbocycles. The van der Waals surface area contributed by atoms with Gasteiger partial charge in [-0.25, -0.2) is 8.78 Å². The molecule has 2 fully saturated rings. The van der Waals surface area contributed by atoms with Crippen molar-refractivity contribution in [1.29, 1.82) is 0 Å². The van der Waals surface area contributed by atoms with E-state index in [2.05, 4.69) is 10.6 Å². The van der Waals surface area contributed by atoms with E-state index in [-0.39, 0.29) is 36.1 Å². The first-order chi connectivity index (χ1) is 15.8. The van der Waals surface area contributed by atoms with E-state index in [0.29, 0.717) is 13.0 Å². The molecule has 1 aromatic carbocycles. The van der Waals surface area contributed by atoms with Gasteiger partial charge in [-0.15, -0.1) is 0 Å². The standard InChI is InChI=1S/C24H34F2N4O4/c1-13(27-6)22(32)28-21(24(3,4)5)23(33)29-10-9-18-20(29)19(12-30(18)14(2)31)34-15-7-8-16(25)17(26)11-15/h7-8,11,13,18-21,27H,9-10,12H2,1-6H3,(H,28,32). The Morgan fingerprint density at radius 3 is 2.38 bits per heavy atom. The number of likely N-dealkylation sites (N-methyl/N-ethyl adjacent to an activating group) is 1. The molecule has 188 valence electrons. The molecule has 0 radical (unpaired) electrons. The van der Waals surface area contributed by atoms with Gasteiger partial charge in [-0.3, -0.25) is 14.4 Å². The molecule has 8 nitrogen and oxygen atoms in total. The summed E-state index contributed by atoms with van der Waals surface area (Å²) in [5.74, 6) is -2.61. The van der Waals surface area contributed by atoms with E-state index in [1.165, 1.54) is 13.0 Å². The fourth-order valence-corrected chi connectivity index (χ4v) is 4.69. The third-order valence-electron chi connectivity index (χ3n) is 6.67. The maximum Gasteiger partial charge on any atom is 0.246 e. The summed E-state index contributed by atoms with van der Waals surface area (Å²) in [6.07, 6.45) is -0.0662. The molecule has 1 aromatic rings. The SMILES string of the molecule is CNC(C)C(=O)NC(C(=O)N1CCC2C1C(Oc1ccc(F)c(F)c1)CN2C(C)=O)C(C)(C)C. The number of hydrogen-bond acceptors (Lipinski definition) is 5. The number of likely N-dealkylation sites (tertiary alicyclic amines) is 2. The van der Waals surface area contributed by atoms with Crippen molar-refractivity contribution in [2.75, 3.05) is 20.1 Å². The van der Waals surface area contributed by atoms with Gasteiger partial charge in [0.05, 0.1) is 24.7 Å². The van der Waals surface area contributed by atoms with Crippen molar-refractivity contribution >= 4 is 17.7 Å². The van der Waals surface area contributed by atoms with Crippen LogP contribution >= 0.6 is 0 Å². The van der Waals surface area contributed by atoms with Gasteiger partial charge < -0.3 is 25.2 Å². The molecular weight excluding hydrogens is 446 g/mol. The summed E-state index contributed by atoms with van der Waals surface area (Å²) >= 11 is 0. The minimum atomic E-state index is -1.04. The van der Waals surface area contributed by atoms with Crippen LogP contribution in [-0.4, -0.2) is 77.9 Å². The van der Waals surface area contributed by atoms with Gasteiger partial charge in [-0.05, 0) is 37.9 Å². The van der Waals surface area contributed by atoms with E-state index in [4.69, 9.17) is 4.74 Å². The lowest BCUT2D eigenvalue weighted by atomic mass is 9.85. The Bertz CT molecular complexity index is 951. The van der Waals surface area contributed by atoms with Crippen molar-refractivity contribution in [2.24, 2.45) is 5.41 Å². The van der Waals surface area contributed by atoms with Gasteiger partial charge in [0.15, 0.2) is 11.6 Å². The quantitative estimate of drug-likeness (QED) is 0.647. The molecule has 2 saturated heterocycles. The largest absolute Gasteiger partial charge is 0.486 e. The minimum Gasteiger partial charge on any atom is -0.486 e. The highest BCUT2D eigenvalue weighted by Gasteiger charge is 2.54. The third kappa shape index (κ3) is 5.16. The van der Waals surface area contributed by atoms with Crippen molar-refractivity contribution < 1.29 is 27.9 Å². The fraction of sp³-hybridized carbons (Fsp3) is 0.625. The maximum atomic E-state index is 13.8. The highest BCUT2D eigenvalue weighted by atomic mass is 19.2. The maximum absolute atomic E-state index is 13.8. The topological polar surface area (TPSA) is 91.0 Å². The normalized spacial score (nSPS) is 23.9. The first-order valence-electron chi connectivity index (χ1n) is 11.5. The van der Waals surface area contributed by atoms with Crippen LogP contribution in [0.3, 0.4) is 0 Å². The number of ether oxygens (including phenoxy) is 1. The smallest absolute Gasteiger partial charge is 0.246 e. The van der Waals surface area contributed by atoms with E-state index < -0.39 is 41.3 Å². The molecule has 0 aliphatic carbocycles. The highest BCUT2D eigenvalue weighted by molar-refractivity contribution is 5.90. The van der Waals surface area contributed by atoms with E-state index in [9.17, 15) is 23.2 Å². The molecule has 5 atom stereocenters. The Morgan fingerprint density at radius 1 is 1.15 bits per heavy atom. The first kappa shape index (κ1) is 25.9. The number of rotatable bonds is 6. The number of nitrogens with zero attached hydrogens (tertiary/aromatic N) is 2. The third-order valence-corrected chi connectivity index (χ3v) is 6.67. The Hall–Kier alpha value is -2.75. The summed E-state index contributed by atoms with van der Waals surface area (Å²) in [4.78, 5) is 42.0. The predicted octanol–water partition coefficient (Wildman–Crippen LogP) is 1.68. The number of halogens is 2. The number of fused-ring (bicyclic) bond motifs is 1. The van der Waals surface area contributed by atoms with Crippen LogP contribution < -0.4 is 15.4 Å². The molecule has 0 aromatic heterocycles.